The molecule has 0 saturated heterocycles. The first-order chi connectivity index (χ1) is 7.81. The van der Waals surface area contributed by atoms with Gasteiger partial charge in [-0.25, -0.2) is 0 Å². The number of benzene rings is 1. The number of H-pyrrole nitrogens is 1. The van der Waals surface area contributed by atoms with Crippen LogP contribution in [0.2, 0.25) is 0 Å². The van der Waals surface area contributed by atoms with Gasteiger partial charge in [0.05, 0.1) is 24.7 Å². The number of aromatic nitrogens is 2. The monoisotopic (exact) mass is 218 g/mol. The predicted molar refractivity (Wildman–Crippen MR) is 63.3 cm³/mol. The van der Waals surface area contributed by atoms with Gasteiger partial charge in [-0.2, -0.15) is 5.10 Å². The predicted octanol–water partition coefficient (Wildman–Crippen LogP) is 1.61. The Labute approximate surface area is 93.6 Å². The zero-order valence-electron chi connectivity index (χ0n) is 9.03. The van der Waals surface area contributed by atoms with Gasteiger partial charge in [-0.15, -0.1) is 0 Å². The molecule has 0 aliphatic carbocycles. The lowest BCUT2D eigenvalue weighted by Crippen LogP contribution is -2.03. The third-order valence-corrected chi connectivity index (χ3v) is 2.32. The summed E-state index contributed by atoms with van der Waals surface area (Å²) in [6, 6.07) is 5.64. The molecular formula is C11H14N4O. The van der Waals surface area contributed by atoms with Crippen LogP contribution in [0.4, 0.5) is 11.4 Å². The molecule has 0 amide bonds. The number of anilines is 2. The summed E-state index contributed by atoms with van der Waals surface area (Å²) in [7, 11) is 1.60. The van der Waals surface area contributed by atoms with E-state index in [1.54, 1.807) is 13.3 Å². The number of rotatable bonds is 4. The Morgan fingerprint density at radius 1 is 1.50 bits per heavy atom. The first-order valence-corrected chi connectivity index (χ1v) is 4.95. The number of hydrogen-bond donors (Lipinski definition) is 3. The maximum Gasteiger partial charge on any atom is 0.143 e. The standard InChI is InChI=1S/C11H14N4O/c1-16-10-4-2-3-9(11(10)12)13-5-8-6-14-15-7-8/h2-4,6-7,13H,5,12H2,1H3,(H,14,15). The van der Waals surface area contributed by atoms with Gasteiger partial charge in [-0.05, 0) is 12.1 Å². The molecule has 1 aromatic heterocycles. The first kappa shape index (κ1) is 10.4. The maximum atomic E-state index is 5.92. The molecule has 0 spiro atoms. The lowest BCUT2D eigenvalue weighted by Gasteiger charge is -2.11. The largest absolute Gasteiger partial charge is 0.495 e. The zero-order chi connectivity index (χ0) is 11.4. The summed E-state index contributed by atoms with van der Waals surface area (Å²) in [5.41, 5.74) is 8.47. The number of aromatic amines is 1. The molecule has 5 nitrogen and oxygen atoms in total. The fourth-order valence-electron chi connectivity index (χ4n) is 1.45. The second-order valence-electron chi connectivity index (χ2n) is 3.38. The van der Waals surface area contributed by atoms with Crippen molar-refractivity contribution in [2.24, 2.45) is 0 Å². The fraction of sp³-hybridized carbons (Fsp3) is 0.182. The molecule has 4 N–H and O–H groups in total. The van der Waals surface area contributed by atoms with Crippen LogP contribution in [0.5, 0.6) is 5.75 Å². The number of nitrogens with zero attached hydrogens (tertiary/aromatic N) is 1. The molecule has 1 heterocycles. The molecule has 2 aromatic rings. The van der Waals surface area contributed by atoms with Gasteiger partial charge < -0.3 is 15.8 Å². The molecule has 0 bridgehead atoms. The second kappa shape index (κ2) is 4.57. The molecular weight excluding hydrogens is 204 g/mol. The van der Waals surface area contributed by atoms with E-state index in [2.05, 4.69) is 15.5 Å². The van der Waals surface area contributed by atoms with E-state index in [-0.39, 0.29) is 0 Å². The SMILES string of the molecule is COc1cccc(NCc2cn[nH]c2)c1N. The van der Waals surface area contributed by atoms with E-state index in [0.717, 1.165) is 11.3 Å². The molecule has 1 aromatic carbocycles. The van der Waals surface area contributed by atoms with Crippen LogP contribution in [0.25, 0.3) is 0 Å². The van der Waals surface area contributed by atoms with E-state index in [1.165, 1.54) is 0 Å². The van der Waals surface area contributed by atoms with Crippen molar-refractivity contribution in [1.82, 2.24) is 10.2 Å². The summed E-state index contributed by atoms with van der Waals surface area (Å²) in [4.78, 5) is 0. The van der Waals surface area contributed by atoms with Crippen molar-refractivity contribution in [1.29, 1.82) is 0 Å². The van der Waals surface area contributed by atoms with Gasteiger partial charge >= 0.3 is 0 Å². The fourth-order valence-corrected chi connectivity index (χ4v) is 1.45. The first-order valence-electron chi connectivity index (χ1n) is 4.95. The van der Waals surface area contributed by atoms with E-state index in [4.69, 9.17) is 10.5 Å². The minimum Gasteiger partial charge on any atom is -0.495 e. The van der Waals surface area contributed by atoms with E-state index in [1.807, 2.05) is 24.4 Å². The Balaban J connectivity index is 2.09. The summed E-state index contributed by atoms with van der Waals surface area (Å²) in [5, 5.41) is 9.85. The number of nitrogens with one attached hydrogen (secondary N) is 2. The van der Waals surface area contributed by atoms with E-state index in [9.17, 15) is 0 Å². The van der Waals surface area contributed by atoms with Gasteiger partial charge in [-0.1, -0.05) is 6.07 Å². The summed E-state index contributed by atoms with van der Waals surface area (Å²) < 4.78 is 5.14. The third kappa shape index (κ3) is 2.08. The highest BCUT2D eigenvalue weighted by Gasteiger charge is 2.04. The average Bonchev–Trinajstić information content (AvgIpc) is 2.81. The van der Waals surface area contributed by atoms with Gasteiger partial charge in [0.1, 0.15) is 5.75 Å². The van der Waals surface area contributed by atoms with Gasteiger partial charge in [0.2, 0.25) is 0 Å². The van der Waals surface area contributed by atoms with Gasteiger partial charge in [0.25, 0.3) is 0 Å². The number of methoxy groups -OCH3 is 1. The van der Waals surface area contributed by atoms with Crippen molar-refractivity contribution < 1.29 is 4.74 Å². The molecule has 5 heteroatoms. The van der Waals surface area contributed by atoms with E-state index < -0.39 is 0 Å². The number of hydrogen-bond acceptors (Lipinski definition) is 4. The molecule has 0 aliphatic rings. The molecule has 0 atom stereocenters. The number of para-hydroxylation sites is 1. The average molecular weight is 218 g/mol. The van der Waals surface area contributed by atoms with Crippen LogP contribution in [0.15, 0.2) is 30.6 Å². The summed E-state index contributed by atoms with van der Waals surface area (Å²) >= 11 is 0. The summed E-state index contributed by atoms with van der Waals surface area (Å²) in [6.45, 7) is 0.674. The summed E-state index contributed by atoms with van der Waals surface area (Å²) in [6.07, 6.45) is 3.60. The Morgan fingerprint density at radius 3 is 3.06 bits per heavy atom. The molecule has 0 radical (unpaired) electrons. The zero-order valence-corrected chi connectivity index (χ0v) is 9.03. The minimum absolute atomic E-state index is 0.619. The number of nitrogens with two attached hydrogens (primary N) is 1. The maximum absolute atomic E-state index is 5.92. The van der Waals surface area contributed by atoms with Crippen molar-refractivity contribution in [3.63, 3.8) is 0 Å². The lowest BCUT2D eigenvalue weighted by atomic mass is 10.2. The Bertz CT molecular complexity index is 453. The number of nitrogen functional groups attached to an aromatic ring is 1. The highest BCUT2D eigenvalue weighted by molar-refractivity contribution is 5.72. The molecule has 84 valence electrons. The topological polar surface area (TPSA) is 76.0 Å². The van der Waals surface area contributed by atoms with Crippen LogP contribution in [-0.2, 0) is 6.54 Å². The van der Waals surface area contributed by atoms with Crippen LogP contribution in [0, 0.1) is 0 Å². The van der Waals surface area contributed by atoms with Crippen molar-refractivity contribution in [3.8, 4) is 5.75 Å². The normalized spacial score (nSPS) is 10.1. The van der Waals surface area contributed by atoms with Crippen LogP contribution >= 0.6 is 0 Å². The number of ether oxygens (including phenoxy) is 1. The van der Waals surface area contributed by atoms with Crippen molar-refractivity contribution in [2.75, 3.05) is 18.2 Å². The highest BCUT2D eigenvalue weighted by atomic mass is 16.5. The molecule has 0 fully saturated rings. The smallest absolute Gasteiger partial charge is 0.143 e. The minimum atomic E-state index is 0.619. The van der Waals surface area contributed by atoms with Crippen LogP contribution in [0.3, 0.4) is 0 Å². The third-order valence-electron chi connectivity index (χ3n) is 2.32. The van der Waals surface area contributed by atoms with Crippen LogP contribution in [0.1, 0.15) is 5.56 Å². The van der Waals surface area contributed by atoms with Gasteiger partial charge in [-0.3, -0.25) is 5.10 Å². The second-order valence-corrected chi connectivity index (χ2v) is 3.38. The molecule has 2 rings (SSSR count). The van der Waals surface area contributed by atoms with Crippen LogP contribution < -0.4 is 15.8 Å². The highest BCUT2D eigenvalue weighted by Crippen LogP contribution is 2.29. The summed E-state index contributed by atoms with van der Waals surface area (Å²) in [5.74, 6) is 0.678. The molecule has 0 aliphatic heterocycles. The quantitative estimate of drug-likeness (QED) is 0.681. The van der Waals surface area contributed by atoms with Crippen LogP contribution in [-0.4, -0.2) is 17.3 Å². The molecule has 0 unspecified atom stereocenters. The van der Waals surface area contributed by atoms with Crippen molar-refractivity contribution in [2.45, 2.75) is 6.54 Å². The van der Waals surface area contributed by atoms with Crippen molar-refractivity contribution in [3.05, 3.63) is 36.2 Å². The Morgan fingerprint density at radius 2 is 2.38 bits per heavy atom. The molecule has 16 heavy (non-hydrogen) atoms. The van der Waals surface area contributed by atoms with Gasteiger partial charge in [0.15, 0.2) is 0 Å². The Kier molecular flexibility index (Phi) is 2.95. The van der Waals surface area contributed by atoms with Gasteiger partial charge in [0, 0.05) is 18.3 Å². The lowest BCUT2D eigenvalue weighted by molar-refractivity contribution is 0.417. The molecule has 0 saturated carbocycles. The van der Waals surface area contributed by atoms with Crippen molar-refractivity contribution >= 4 is 11.4 Å². The van der Waals surface area contributed by atoms with E-state index in [0.29, 0.717) is 18.0 Å². The van der Waals surface area contributed by atoms with E-state index >= 15 is 0 Å². The Hall–Kier alpha value is -2.17.